The molecule has 3 amide bonds. The SMILES string of the molecule is CCN1CCN(c2ccc(Nc3ncnc4cc(OC)c(NC(=O)[C@@H]5CCCN5C(=O)[C@@H](NC(=O)[C@H](C)NC)C(C)(C)C)cc34)cc2)CC1. The zero-order valence-electron chi connectivity index (χ0n) is 29.8. The van der Waals surface area contributed by atoms with E-state index in [1.54, 1.807) is 31.0 Å². The maximum absolute atomic E-state index is 13.9. The topological polar surface area (TPSA) is 144 Å². The first-order valence-electron chi connectivity index (χ1n) is 17.2. The molecule has 264 valence electrons. The highest BCUT2D eigenvalue weighted by atomic mass is 16.5. The number of hydrogen-bond donors (Lipinski definition) is 4. The summed E-state index contributed by atoms with van der Waals surface area (Å²) in [6.07, 6.45) is 2.67. The number of aromatic nitrogens is 2. The molecular weight excluding hydrogens is 622 g/mol. The molecule has 13 heteroatoms. The number of fused-ring (bicyclic) bond motifs is 1. The molecule has 3 heterocycles. The van der Waals surface area contributed by atoms with E-state index < -0.39 is 23.5 Å². The summed E-state index contributed by atoms with van der Waals surface area (Å²) in [5, 5.41) is 13.0. The number of rotatable bonds is 11. The van der Waals surface area contributed by atoms with Crippen LogP contribution in [0.4, 0.5) is 22.9 Å². The van der Waals surface area contributed by atoms with Crippen LogP contribution in [0.2, 0.25) is 0 Å². The highest BCUT2D eigenvalue weighted by molar-refractivity contribution is 6.03. The van der Waals surface area contributed by atoms with Crippen LogP contribution in [0, 0.1) is 5.41 Å². The quantitative estimate of drug-likeness (QED) is 0.239. The molecule has 2 aliphatic heterocycles. The Labute approximate surface area is 289 Å². The fourth-order valence-corrected chi connectivity index (χ4v) is 6.40. The van der Waals surface area contributed by atoms with Gasteiger partial charge in [-0.3, -0.25) is 14.4 Å². The standard InChI is InChI=1S/C36H51N9O4/c1-8-43-16-18-44(19-17-43)25-13-11-24(12-14-25)40-32-26-20-28(30(49-7)21-27(26)38-22-39-32)41-34(47)29-10-9-15-45(29)35(48)31(36(3,4)5)42-33(46)23(2)37-6/h11-14,20-23,29,31,37H,8-10,15-19H2,1-7H3,(H,41,47)(H,42,46)(H,38,39,40)/t23-,29-,31+/m0/s1. The van der Waals surface area contributed by atoms with Crippen LogP contribution in [-0.4, -0.2) is 109 Å². The van der Waals surface area contributed by atoms with Gasteiger partial charge < -0.3 is 40.7 Å². The first-order valence-corrected chi connectivity index (χ1v) is 17.2. The van der Waals surface area contributed by atoms with Gasteiger partial charge >= 0.3 is 0 Å². The van der Waals surface area contributed by atoms with Crippen LogP contribution in [-0.2, 0) is 14.4 Å². The number of likely N-dealkylation sites (tertiary alicyclic amines) is 1. The van der Waals surface area contributed by atoms with Crippen LogP contribution in [0.3, 0.4) is 0 Å². The van der Waals surface area contributed by atoms with Crippen molar-refractivity contribution in [2.24, 2.45) is 5.41 Å². The lowest BCUT2D eigenvalue weighted by atomic mass is 9.85. The van der Waals surface area contributed by atoms with Crippen LogP contribution in [0.5, 0.6) is 5.75 Å². The maximum atomic E-state index is 13.9. The molecule has 0 saturated carbocycles. The van der Waals surface area contributed by atoms with Crippen molar-refractivity contribution in [3.63, 3.8) is 0 Å². The molecule has 2 aromatic carbocycles. The van der Waals surface area contributed by atoms with Crippen LogP contribution in [0.1, 0.15) is 47.5 Å². The number of piperazine rings is 1. The molecular formula is C36H51N9O4. The number of anilines is 4. The summed E-state index contributed by atoms with van der Waals surface area (Å²) in [6, 6.07) is 9.92. The molecule has 5 rings (SSSR count). The van der Waals surface area contributed by atoms with Crippen LogP contribution in [0.25, 0.3) is 10.9 Å². The van der Waals surface area contributed by atoms with E-state index in [0.29, 0.717) is 47.5 Å². The van der Waals surface area contributed by atoms with E-state index in [1.807, 2.05) is 32.9 Å². The lowest BCUT2D eigenvalue weighted by Crippen LogP contribution is -2.59. The minimum atomic E-state index is -0.800. The second-order valence-electron chi connectivity index (χ2n) is 13.9. The average molecular weight is 674 g/mol. The predicted molar refractivity (Wildman–Crippen MR) is 193 cm³/mol. The van der Waals surface area contributed by atoms with Gasteiger partial charge in [-0.25, -0.2) is 9.97 Å². The van der Waals surface area contributed by atoms with Gasteiger partial charge in [0.15, 0.2) is 0 Å². The van der Waals surface area contributed by atoms with E-state index in [0.717, 1.165) is 38.4 Å². The van der Waals surface area contributed by atoms with E-state index in [9.17, 15) is 14.4 Å². The van der Waals surface area contributed by atoms with Gasteiger partial charge in [0.1, 0.15) is 30.0 Å². The van der Waals surface area contributed by atoms with E-state index in [4.69, 9.17) is 4.74 Å². The summed E-state index contributed by atoms with van der Waals surface area (Å²) < 4.78 is 5.66. The minimum Gasteiger partial charge on any atom is -0.494 e. The van der Waals surface area contributed by atoms with Crippen LogP contribution in [0.15, 0.2) is 42.7 Å². The van der Waals surface area contributed by atoms with Crippen molar-refractivity contribution in [2.75, 3.05) is 69.0 Å². The third-order valence-electron chi connectivity index (χ3n) is 9.59. The van der Waals surface area contributed by atoms with Gasteiger partial charge in [-0.2, -0.15) is 0 Å². The Kier molecular flexibility index (Phi) is 11.2. The van der Waals surface area contributed by atoms with E-state index >= 15 is 0 Å². The maximum Gasteiger partial charge on any atom is 0.247 e. The van der Waals surface area contributed by atoms with Crippen molar-refractivity contribution in [2.45, 2.75) is 65.6 Å². The highest BCUT2D eigenvalue weighted by Crippen LogP contribution is 2.34. The van der Waals surface area contributed by atoms with Crippen molar-refractivity contribution < 1.29 is 19.1 Å². The Morgan fingerprint density at radius 3 is 2.37 bits per heavy atom. The number of amides is 3. The number of ether oxygens (including phenoxy) is 1. The zero-order valence-corrected chi connectivity index (χ0v) is 29.8. The van der Waals surface area contributed by atoms with Crippen molar-refractivity contribution in [1.82, 2.24) is 30.4 Å². The molecule has 4 N–H and O–H groups in total. The summed E-state index contributed by atoms with van der Waals surface area (Å²) in [5.74, 6) is 0.151. The Hall–Kier alpha value is -4.49. The van der Waals surface area contributed by atoms with Crippen LogP contribution < -0.4 is 30.9 Å². The molecule has 49 heavy (non-hydrogen) atoms. The second-order valence-corrected chi connectivity index (χ2v) is 13.9. The minimum absolute atomic E-state index is 0.273. The number of nitrogens with one attached hydrogen (secondary N) is 4. The van der Waals surface area contributed by atoms with E-state index in [1.165, 1.54) is 19.1 Å². The molecule has 0 unspecified atom stereocenters. The summed E-state index contributed by atoms with van der Waals surface area (Å²) in [5.41, 5.74) is 2.59. The predicted octanol–water partition coefficient (Wildman–Crippen LogP) is 3.59. The number of carbonyl (C=O) groups is 3. The van der Waals surface area contributed by atoms with E-state index in [-0.39, 0.29) is 17.7 Å². The normalized spacial score (nSPS) is 18.2. The van der Waals surface area contributed by atoms with Crippen molar-refractivity contribution in [3.8, 4) is 5.75 Å². The number of hydrogen-bond acceptors (Lipinski definition) is 10. The Morgan fingerprint density at radius 2 is 1.73 bits per heavy atom. The largest absolute Gasteiger partial charge is 0.494 e. The fourth-order valence-electron chi connectivity index (χ4n) is 6.40. The Balaban J connectivity index is 1.34. The van der Waals surface area contributed by atoms with Gasteiger partial charge in [0.25, 0.3) is 0 Å². The first kappa shape index (κ1) is 35.8. The van der Waals surface area contributed by atoms with Crippen molar-refractivity contribution in [3.05, 3.63) is 42.7 Å². The first-order chi connectivity index (χ1) is 23.4. The van der Waals surface area contributed by atoms with Gasteiger partial charge in [0.05, 0.1) is 24.4 Å². The third kappa shape index (κ3) is 8.22. The average Bonchev–Trinajstić information content (AvgIpc) is 3.60. The monoisotopic (exact) mass is 673 g/mol. The number of likely N-dealkylation sites (N-methyl/N-ethyl adjacent to an activating group) is 2. The van der Waals surface area contributed by atoms with Gasteiger partial charge in [0, 0.05) is 55.6 Å². The molecule has 3 aromatic rings. The van der Waals surface area contributed by atoms with Crippen LogP contribution >= 0.6 is 0 Å². The third-order valence-corrected chi connectivity index (χ3v) is 9.59. The summed E-state index contributed by atoms with van der Waals surface area (Å²) in [6.45, 7) is 15.3. The van der Waals surface area contributed by atoms with Gasteiger partial charge in [0.2, 0.25) is 17.7 Å². The number of methoxy groups -OCH3 is 1. The molecule has 2 fully saturated rings. The Bertz CT molecular complexity index is 1630. The van der Waals surface area contributed by atoms with Crippen molar-refractivity contribution >= 4 is 51.5 Å². The molecule has 0 radical (unpaired) electrons. The molecule has 2 aliphatic rings. The van der Waals surface area contributed by atoms with Gasteiger partial charge in [-0.15, -0.1) is 0 Å². The highest BCUT2D eigenvalue weighted by Gasteiger charge is 2.42. The number of nitrogens with zero attached hydrogens (tertiary/aromatic N) is 5. The molecule has 0 bridgehead atoms. The Morgan fingerprint density at radius 1 is 1.02 bits per heavy atom. The lowest BCUT2D eigenvalue weighted by Gasteiger charge is -2.36. The number of carbonyl (C=O) groups excluding carboxylic acids is 3. The van der Waals surface area contributed by atoms with Gasteiger partial charge in [-0.1, -0.05) is 27.7 Å². The molecule has 3 atom stereocenters. The molecule has 13 nitrogen and oxygen atoms in total. The number of benzene rings is 2. The second kappa shape index (κ2) is 15.4. The van der Waals surface area contributed by atoms with E-state index in [2.05, 4.69) is 60.1 Å². The summed E-state index contributed by atoms with van der Waals surface area (Å²) in [4.78, 5) is 56.0. The molecule has 0 spiro atoms. The lowest BCUT2D eigenvalue weighted by molar-refractivity contribution is -0.143. The van der Waals surface area contributed by atoms with Crippen molar-refractivity contribution in [1.29, 1.82) is 0 Å². The molecule has 2 saturated heterocycles. The summed E-state index contributed by atoms with van der Waals surface area (Å²) in [7, 11) is 3.23. The molecule has 1 aromatic heterocycles. The zero-order chi connectivity index (χ0) is 35.3. The fraction of sp³-hybridized carbons (Fsp3) is 0.528. The van der Waals surface area contributed by atoms with Gasteiger partial charge in [-0.05, 0) is 69.1 Å². The molecule has 0 aliphatic carbocycles. The summed E-state index contributed by atoms with van der Waals surface area (Å²) >= 11 is 0. The smallest absolute Gasteiger partial charge is 0.247 e.